The Morgan fingerprint density at radius 1 is 1.03 bits per heavy atom. The summed E-state index contributed by atoms with van der Waals surface area (Å²) in [6, 6.07) is 18.7. The quantitative estimate of drug-likeness (QED) is 0.363. The second kappa shape index (κ2) is 10.1. The molecule has 0 N–H and O–H groups in total. The van der Waals surface area contributed by atoms with Crippen molar-refractivity contribution < 1.29 is 18.4 Å². The summed E-state index contributed by atoms with van der Waals surface area (Å²) < 4.78 is 28.1. The van der Waals surface area contributed by atoms with Crippen LogP contribution in [0.3, 0.4) is 0 Å². The molecule has 0 aromatic heterocycles. The average molecular weight is 476 g/mol. The van der Waals surface area contributed by atoms with Crippen molar-refractivity contribution in [3.05, 3.63) is 84.8 Å². The Labute approximate surface area is 188 Å². The van der Waals surface area contributed by atoms with Crippen LogP contribution in [0, 0.1) is 0 Å². The Bertz CT molecular complexity index is 1050. The van der Waals surface area contributed by atoms with Gasteiger partial charge in [0, 0.05) is 18.0 Å². The Balaban J connectivity index is 2.31. The molecule has 0 saturated carbocycles. The minimum absolute atomic E-state index is 0.0293. The summed E-state index contributed by atoms with van der Waals surface area (Å²) in [6.07, 6.45) is 0.416. The first-order valence-electron chi connectivity index (χ1n) is 9.97. The summed E-state index contributed by atoms with van der Waals surface area (Å²) in [4.78, 5) is 13.9. The molecule has 0 fully saturated rings. The standard InChI is InChI=1S/C22H26N2O4P2S/c1-4-17-23-18-21(30(26,27-5-2)28-6-3)22(25)24(19-13-9-7-10-14-19)29(23,31)20-15-11-8-12-16-20/h4,7-16,18H,1,5-6,17H2,2-3H3. The third kappa shape index (κ3) is 4.48. The number of benzene rings is 2. The van der Waals surface area contributed by atoms with Gasteiger partial charge in [0.05, 0.1) is 18.9 Å². The molecule has 31 heavy (non-hydrogen) atoms. The highest BCUT2D eigenvalue weighted by molar-refractivity contribution is 8.18. The van der Waals surface area contributed by atoms with Gasteiger partial charge in [-0.3, -0.25) is 14.0 Å². The Morgan fingerprint density at radius 2 is 1.58 bits per heavy atom. The number of nitrogens with zero attached hydrogens (tertiary/aromatic N) is 2. The largest absolute Gasteiger partial charge is 0.368 e. The summed E-state index contributed by atoms with van der Waals surface area (Å²) in [5.41, 5.74) is 0.624. The van der Waals surface area contributed by atoms with Crippen molar-refractivity contribution in [1.82, 2.24) is 4.67 Å². The molecule has 0 radical (unpaired) electrons. The number of carbonyl (C=O) groups is 1. The van der Waals surface area contributed by atoms with Gasteiger partial charge in [0.15, 0.2) is 6.34 Å². The zero-order valence-corrected chi connectivity index (χ0v) is 20.2. The fourth-order valence-electron chi connectivity index (χ4n) is 3.35. The van der Waals surface area contributed by atoms with E-state index in [1.807, 2.05) is 65.3 Å². The van der Waals surface area contributed by atoms with Crippen LogP contribution in [0.15, 0.2) is 84.8 Å². The highest BCUT2D eigenvalue weighted by Crippen LogP contribution is 2.65. The lowest BCUT2D eigenvalue weighted by Gasteiger charge is -2.46. The molecule has 2 aromatic rings. The van der Waals surface area contributed by atoms with Gasteiger partial charge < -0.3 is 13.7 Å². The second-order valence-electron chi connectivity index (χ2n) is 6.59. The minimum atomic E-state index is -3.85. The van der Waals surface area contributed by atoms with E-state index in [4.69, 9.17) is 20.9 Å². The molecule has 1 unspecified atom stereocenters. The molecule has 0 aliphatic carbocycles. The Kier molecular flexibility index (Phi) is 7.68. The molecular weight excluding hydrogens is 450 g/mol. The van der Waals surface area contributed by atoms with E-state index in [0.717, 1.165) is 5.30 Å². The van der Waals surface area contributed by atoms with Gasteiger partial charge in [-0.2, -0.15) is 0 Å². The van der Waals surface area contributed by atoms with Gasteiger partial charge in [-0.05, 0) is 37.8 Å². The molecule has 9 heteroatoms. The molecule has 1 aliphatic heterocycles. The lowest BCUT2D eigenvalue weighted by Crippen LogP contribution is -2.43. The molecule has 164 valence electrons. The predicted octanol–water partition coefficient (Wildman–Crippen LogP) is 5.26. The molecule has 6 nitrogen and oxygen atoms in total. The van der Waals surface area contributed by atoms with Crippen LogP contribution in [0.25, 0.3) is 0 Å². The molecular formula is C22H26N2O4P2S. The third-order valence-corrected chi connectivity index (χ3v) is 11.4. The van der Waals surface area contributed by atoms with E-state index in [9.17, 15) is 9.36 Å². The van der Waals surface area contributed by atoms with Crippen molar-refractivity contribution in [3.8, 4) is 0 Å². The highest BCUT2D eigenvalue weighted by atomic mass is 32.4. The maximum absolute atomic E-state index is 13.9. The number of hydrogen-bond acceptors (Lipinski definition) is 5. The number of anilines is 1. The average Bonchev–Trinajstić information content (AvgIpc) is 2.77. The second-order valence-corrected chi connectivity index (χ2v) is 12.6. The summed E-state index contributed by atoms with van der Waals surface area (Å²) >= 11 is 6.27. The van der Waals surface area contributed by atoms with E-state index in [-0.39, 0.29) is 18.5 Å². The van der Waals surface area contributed by atoms with Gasteiger partial charge in [-0.1, -0.05) is 54.6 Å². The van der Waals surface area contributed by atoms with Crippen LogP contribution in [-0.4, -0.2) is 30.3 Å². The minimum Gasteiger partial charge on any atom is -0.326 e. The van der Waals surface area contributed by atoms with Crippen molar-refractivity contribution in [2.24, 2.45) is 0 Å². The number of rotatable bonds is 9. The normalized spacial score (nSPS) is 19.3. The van der Waals surface area contributed by atoms with Gasteiger partial charge in [-0.25, -0.2) is 0 Å². The van der Waals surface area contributed by atoms with Crippen LogP contribution in [0.1, 0.15) is 13.8 Å². The van der Waals surface area contributed by atoms with Crippen molar-refractivity contribution in [2.45, 2.75) is 13.8 Å². The van der Waals surface area contributed by atoms with E-state index < -0.39 is 19.8 Å². The highest BCUT2D eigenvalue weighted by Gasteiger charge is 2.48. The summed E-state index contributed by atoms with van der Waals surface area (Å²) in [5.74, 6) is -0.469. The van der Waals surface area contributed by atoms with Crippen LogP contribution in [0.4, 0.5) is 5.69 Å². The molecule has 1 heterocycles. The van der Waals surface area contributed by atoms with Gasteiger partial charge in [-0.15, -0.1) is 6.58 Å². The zero-order valence-electron chi connectivity index (χ0n) is 17.6. The van der Waals surface area contributed by atoms with Crippen molar-refractivity contribution in [2.75, 3.05) is 24.4 Å². The van der Waals surface area contributed by atoms with E-state index in [2.05, 4.69) is 6.58 Å². The summed E-state index contributed by atoms with van der Waals surface area (Å²) in [6.45, 7) is 7.93. The lowest BCUT2D eigenvalue weighted by atomic mass is 10.3. The summed E-state index contributed by atoms with van der Waals surface area (Å²) in [7, 11) is -3.85. The van der Waals surface area contributed by atoms with E-state index in [1.54, 1.807) is 30.8 Å². The molecule has 0 bridgehead atoms. The van der Waals surface area contributed by atoms with E-state index in [1.165, 1.54) is 0 Å². The number of para-hydroxylation sites is 1. The maximum atomic E-state index is 13.9. The van der Waals surface area contributed by atoms with Crippen molar-refractivity contribution in [1.29, 1.82) is 0 Å². The van der Waals surface area contributed by atoms with Crippen LogP contribution >= 0.6 is 13.9 Å². The van der Waals surface area contributed by atoms with Crippen LogP contribution in [0.5, 0.6) is 0 Å². The summed E-state index contributed by atoms with van der Waals surface area (Å²) in [5, 5.41) is 0.806. The topological polar surface area (TPSA) is 59.1 Å². The van der Waals surface area contributed by atoms with Crippen molar-refractivity contribution >= 4 is 42.6 Å². The van der Waals surface area contributed by atoms with Crippen LogP contribution in [0.2, 0.25) is 0 Å². The van der Waals surface area contributed by atoms with E-state index in [0.29, 0.717) is 12.2 Å². The van der Waals surface area contributed by atoms with Crippen LogP contribution in [-0.2, 0) is 30.2 Å². The number of hydrogen-bond donors (Lipinski definition) is 0. The lowest BCUT2D eigenvalue weighted by molar-refractivity contribution is -0.113. The first-order valence-corrected chi connectivity index (χ1v) is 14.2. The third-order valence-electron chi connectivity index (χ3n) is 4.60. The molecule has 1 atom stereocenters. The van der Waals surface area contributed by atoms with Crippen molar-refractivity contribution in [3.63, 3.8) is 0 Å². The first-order chi connectivity index (χ1) is 14.9. The molecule has 0 spiro atoms. The van der Waals surface area contributed by atoms with E-state index >= 15 is 0 Å². The number of amides is 1. The molecule has 1 amide bonds. The van der Waals surface area contributed by atoms with Gasteiger partial charge in [0.2, 0.25) is 0 Å². The maximum Gasteiger partial charge on any atom is 0.368 e. The zero-order chi connectivity index (χ0) is 22.5. The monoisotopic (exact) mass is 476 g/mol. The fraction of sp³-hybridized carbons (Fsp3) is 0.227. The van der Waals surface area contributed by atoms with Gasteiger partial charge >= 0.3 is 7.60 Å². The first kappa shape index (κ1) is 23.6. The molecule has 3 rings (SSSR count). The molecule has 2 aromatic carbocycles. The Hall–Kier alpha value is -2.01. The van der Waals surface area contributed by atoms with Gasteiger partial charge in [0.25, 0.3) is 5.91 Å². The molecule has 0 saturated heterocycles. The Morgan fingerprint density at radius 3 is 2.10 bits per heavy atom. The fourth-order valence-corrected chi connectivity index (χ4v) is 9.11. The SMILES string of the molecule is C=CCN1C=C(P(=O)(OCC)OCC)C(=O)N(c2ccccc2)P1(=S)c1ccccc1. The van der Waals surface area contributed by atoms with Crippen LogP contribution < -0.4 is 9.97 Å². The van der Waals surface area contributed by atoms with Gasteiger partial charge in [0.1, 0.15) is 5.31 Å². The predicted molar refractivity (Wildman–Crippen MR) is 130 cm³/mol. The smallest absolute Gasteiger partial charge is 0.326 e. The number of carbonyl (C=O) groups excluding carboxylic acids is 1. The molecule has 1 aliphatic rings.